The number of nitrogens with zero attached hydrogens (tertiary/aromatic N) is 1. The molecule has 8 heteroatoms. The summed E-state index contributed by atoms with van der Waals surface area (Å²) >= 11 is 0. The fraction of sp³-hybridized carbons (Fsp3) is 0.611. The molecule has 3 rings (SSSR count). The average molecular weight is 402 g/mol. The molecule has 1 atom stereocenters. The first-order valence-electron chi connectivity index (χ1n) is 8.96. The Morgan fingerprint density at radius 3 is 2.27 bits per heavy atom. The van der Waals surface area contributed by atoms with E-state index >= 15 is 0 Å². The number of benzene rings is 1. The third kappa shape index (κ3) is 4.57. The van der Waals surface area contributed by atoms with Crippen LogP contribution in [0.3, 0.4) is 0 Å². The number of aryl methyl sites for hydroxylation is 1. The number of rotatable bonds is 5. The Balaban J connectivity index is 0.00000243. The lowest BCUT2D eigenvalue weighted by Crippen LogP contribution is -2.52. The van der Waals surface area contributed by atoms with Crippen LogP contribution < -0.4 is 10.6 Å². The van der Waals surface area contributed by atoms with Crippen LogP contribution in [0, 0.1) is 18.8 Å². The van der Waals surface area contributed by atoms with Crippen molar-refractivity contribution < 1.29 is 13.2 Å². The van der Waals surface area contributed by atoms with Gasteiger partial charge in [-0.1, -0.05) is 24.6 Å². The van der Waals surface area contributed by atoms with E-state index in [2.05, 4.69) is 10.6 Å². The summed E-state index contributed by atoms with van der Waals surface area (Å²) in [6.45, 7) is 6.60. The molecule has 2 aliphatic heterocycles. The number of halogens is 1. The largest absolute Gasteiger partial charge is 0.353 e. The van der Waals surface area contributed by atoms with E-state index in [1.807, 2.05) is 26.0 Å². The van der Waals surface area contributed by atoms with Crippen molar-refractivity contribution in [2.45, 2.75) is 37.6 Å². The van der Waals surface area contributed by atoms with Crippen LogP contribution >= 0.6 is 12.4 Å². The Morgan fingerprint density at radius 2 is 1.77 bits per heavy atom. The molecule has 2 N–H and O–H groups in total. The number of hydrogen-bond acceptors (Lipinski definition) is 4. The van der Waals surface area contributed by atoms with Crippen molar-refractivity contribution in [1.29, 1.82) is 0 Å². The molecule has 26 heavy (non-hydrogen) atoms. The van der Waals surface area contributed by atoms with Crippen LogP contribution in [0.4, 0.5) is 0 Å². The molecule has 2 aliphatic rings. The lowest BCUT2D eigenvalue weighted by Gasteiger charge is -2.35. The van der Waals surface area contributed by atoms with E-state index in [1.54, 1.807) is 12.1 Å². The van der Waals surface area contributed by atoms with Crippen molar-refractivity contribution in [3.05, 3.63) is 29.8 Å². The number of piperidine rings is 1. The highest BCUT2D eigenvalue weighted by Gasteiger charge is 2.33. The Hall–Kier alpha value is -1.15. The van der Waals surface area contributed by atoms with Crippen LogP contribution in [0.25, 0.3) is 0 Å². The molecule has 6 nitrogen and oxygen atoms in total. The molecule has 0 saturated carbocycles. The molecule has 1 unspecified atom stereocenters. The van der Waals surface area contributed by atoms with E-state index in [9.17, 15) is 13.2 Å². The smallest absolute Gasteiger partial charge is 0.243 e. The summed E-state index contributed by atoms with van der Waals surface area (Å²) in [4.78, 5) is 12.6. The maximum atomic E-state index is 12.7. The van der Waals surface area contributed by atoms with Crippen molar-refractivity contribution in [2.24, 2.45) is 11.8 Å². The van der Waals surface area contributed by atoms with E-state index in [-0.39, 0.29) is 30.3 Å². The summed E-state index contributed by atoms with van der Waals surface area (Å²) in [5.41, 5.74) is 1.04. The molecule has 0 aromatic heterocycles. The number of sulfonamides is 1. The summed E-state index contributed by atoms with van der Waals surface area (Å²) in [7, 11) is -3.44. The Kier molecular flexibility index (Phi) is 7.07. The lowest BCUT2D eigenvalue weighted by atomic mass is 9.88. The van der Waals surface area contributed by atoms with Gasteiger partial charge in [-0.05, 0) is 50.9 Å². The first-order chi connectivity index (χ1) is 11.9. The lowest BCUT2D eigenvalue weighted by molar-refractivity contribution is -0.127. The van der Waals surface area contributed by atoms with Crippen LogP contribution in [0.1, 0.15) is 25.3 Å². The topological polar surface area (TPSA) is 78.5 Å². The summed E-state index contributed by atoms with van der Waals surface area (Å²) in [5, 5.41) is 6.29. The first kappa shape index (κ1) is 21.2. The first-order valence-corrected chi connectivity index (χ1v) is 10.4. The van der Waals surface area contributed by atoms with E-state index in [0.29, 0.717) is 36.7 Å². The SMILES string of the molecule is Cc1ccc(S(=O)(=O)N2CCC(NC(=O)C(C)C3CNC3)CC2)cc1.Cl. The van der Waals surface area contributed by atoms with Crippen LogP contribution in [0.15, 0.2) is 29.2 Å². The van der Waals surface area contributed by atoms with Crippen molar-refractivity contribution in [3.8, 4) is 0 Å². The van der Waals surface area contributed by atoms with Crippen molar-refractivity contribution in [1.82, 2.24) is 14.9 Å². The highest BCUT2D eigenvalue weighted by molar-refractivity contribution is 7.89. The average Bonchev–Trinajstić information content (AvgIpc) is 2.54. The minimum Gasteiger partial charge on any atom is -0.353 e. The Morgan fingerprint density at radius 1 is 1.19 bits per heavy atom. The summed E-state index contributed by atoms with van der Waals surface area (Å²) in [5.74, 6) is 0.518. The van der Waals surface area contributed by atoms with E-state index in [0.717, 1.165) is 18.7 Å². The van der Waals surface area contributed by atoms with Crippen LogP contribution in [-0.2, 0) is 14.8 Å². The quantitative estimate of drug-likeness (QED) is 0.784. The molecule has 146 valence electrons. The fourth-order valence-electron chi connectivity index (χ4n) is 3.31. The molecular weight excluding hydrogens is 374 g/mol. The molecular formula is C18H28ClN3O3S. The normalized spacial score (nSPS) is 20.7. The minimum absolute atomic E-state index is 0. The predicted molar refractivity (Wildman–Crippen MR) is 104 cm³/mol. The zero-order chi connectivity index (χ0) is 18.0. The monoisotopic (exact) mass is 401 g/mol. The zero-order valence-electron chi connectivity index (χ0n) is 15.3. The van der Waals surface area contributed by atoms with Crippen molar-refractivity contribution in [3.63, 3.8) is 0 Å². The van der Waals surface area contributed by atoms with Gasteiger partial charge in [0.25, 0.3) is 0 Å². The summed E-state index contributed by atoms with van der Waals surface area (Å²) < 4.78 is 26.9. The van der Waals surface area contributed by atoms with Gasteiger partial charge in [0.15, 0.2) is 0 Å². The third-order valence-electron chi connectivity index (χ3n) is 5.39. The fourth-order valence-corrected chi connectivity index (χ4v) is 4.78. The summed E-state index contributed by atoms with van der Waals surface area (Å²) in [6, 6.07) is 7.01. The predicted octanol–water partition coefficient (Wildman–Crippen LogP) is 1.54. The minimum atomic E-state index is -3.44. The third-order valence-corrected chi connectivity index (χ3v) is 7.31. The van der Waals surface area contributed by atoms with Gasteiger partial charge in [0.1, 0.15) is 0 Å². The molecule has 0 aliphatic carbocycles. The van der Waals surface area contributed by atoms with E-state index < -0.39 is 10.0 Å². The van der Waals surface area contributed by atoms with Gasteiger partial charge in [-0.3, -0.25) is 4.79 Å². The number of carbonyl (C=O) groups excluding carboxylic acids is 1. The van der Waals surface area contributed by atoms with Gasteiger partial charge in [-0.2, -0.15) is 4.31 Å². The molecule has 0 spiro atoms. The second-order valence-electron chi connectivity index (χ2n) is 7.21. The van der Waals surface area contributed by atoms with Gasteiger partial charge < -0.3 is 10.6 Å². The van der Waals surface area contributed by atoms with Gasteiger partial charge in [0, 0.05) is 25.0 Å². The maximum Gasteiger partial charge on any atom is 0.243 e. The zero-order valence-corrected chi connectivity index (χ0v) is 16.9. The molecule has 2 saturated heterocycles. The van der Waals surface area contributed by atoms with E-state index in [1.165, 1.54) is 4.31 Å². The number of amides is 1. The molecule has 0 radical (unpaired) electrons. The Labute approximate surface area is 162 Å². The Bertz CT molecular complexity index is 712. The standard InChI is InChI=1S/C18H27N3O3S.ClH/c1-13-3-5-17(6-4-13)25(23,24)21-9-7-16(8-10-21)20-18(22)14(2)15-11-19-12-15;/h3-6,14-16,19H,7-12H2,1-2H3,(H,20,22);1H. The van der Waals surface area contributed by atoms with Gasteiger partial charge in [-0.25, -0.2) is 8.42 Å². The van der Waals surface area contributed by atoms with Gasteiger partial charge >= 0.3 is 0 Å². The molecule has 0 bridgehead atoms. The molecule has 2 heterocycles. The highest BCUT2D eigenvalue weighted by atomic mass is 35.5. The molecule has 2 fully saturated rings. The van der Waals surface area contributed by atoms with Crippen molar-refractivity contribution >= 4 is 28.3 Å². The summed E-state index contributed by atoms with van der Waals surface area (Å²) in [6.07, 6.45) is 1.32. The van der Waals surface area contributed by atoms with E-state index in [4.69, 9.17) is 0 Å². The van der Waals surface area contributed by atoms with Crippen LogP contribution in [0.2, 0.25) is 0 Å². The van der Waals surface area contributed by atoms with Gasteiger partial charge in [0.2, 0.25) is 15.9 Å². The number of nitrogens with one attached hydrogen (secondary N) is 2. The number of hydrogen-bond donors (Lipinski definition) is 2. The van der Waals surface area contributed by atoms with Crippen LogP contribution in [0.5, 0.6) is 0 Å². The van der Waals surface area contributed by atoms with Crippen LogP contribution in [-0.4, -0.2) is 50.9 Å². The van der Waals surface area contributed by atoms with Crippen molar-refractivity contribution in [2.75, 3.05) is 26.2 Å². The maximum absolute atomic E-state index is 12.7. The molecule has 1 aromatic rings. The second-order valence-corrected chi connectivity index (χ2v) is 9.14. The highest BCUT2D eigenvalue weighted by Crippen LogP contribution is 2.22. The van der Waals surface area contributed by atoms with Gasteiger partial charge in [0.05, 0.1) is 4.90 Å². The molecule has 1 aromatic carbocycles. The second kappa shape index (κ2) is 8.69. The van der Waals surface area contributed by atoms with Gasteiger partial charge in [-0.15, -0.1) is 12.4 Å². The number of carbonyl (C=O) groups is 1. The molecule has 1 amide bonds.